The van der Waals surface area contributed by atoms with Gasteiger partial charge in [-0.05, 0) is 30.7 Å². The van der Waals surface area contributed by atoms with Crippen LogP contribution in [0.1, 0.15) is 30.1 Å². The van der Waals surface area contributed by atoms with Crippen molar-refractivity contribution >= 4 is 17.7 Å². The third-order valence-electron chi connectivity index (χ3n) is 4.78. The zero-order chi connectivity index (χ0) is 20.5. The van der Waals surface area contributed by atoms with Crippen LogP contribution in [-0.4, -0.2) is 65.6 Å². The number of benzene rings is 1. The zero-order valence-electron chi connectivity index (χ0n) is 15.2. The number of ether oxygens (including phenoxy) is 1. The smallest absolute Gasteiger partial charge is 0.406 e. The average molecular weight is 399 g/mol. The molecule has 0 aromatic heterocycles. The fourth-order valence-electron chi connectivity index (χ4n) is 3.45. The van der Waals surface area contributed by atoms with Gasteiger partial charge in [0.1, 0.15) is 17.8 Å². The molecule has 2 heterocycles. The summed E-state index contributed by atoms with van der Waals surface area (Å²) in [5, 5.41) is 2.70. The third-order valence-corrected chi connectivity index (χ3v) is 4.78. The molecule has 2 atom stereocenters. The lowest BCUT2D eigenvalue weighted by Crippen LogP contribution is -2.69. The minimum absolute atomic E-state index is 0.0378. The fourth-order valence-corrected chi connectivity index (χ4v) is 3.45. The minimum atomic E-state index is -4.81. The van der Waals surface area contributed by atoms with E-state index in [0.29, 0.717) is 6.42 Å². The maximum absolute atomic E-state index is 12.7. The number of hydrogen-bond donors (Lipinski definition) is 1. The van der Waals surface area contributed by atoms with E-state index in [0.717, 1.165) is 18.6 Å². The van der Waals surface area contributed by atoms with Crippen molar-refractivity contribution in [3.8, 4) is 5.75 Å². The number of amides is 3. The number of piperazine rings is 2. The van der Waals surface area contributed by atoms with Crippen molar-refractivity contribution in [1.29, 1.82) is 0 Å². The van der Waals surface area contributed by atoms with Crippen LogP contribution in [0.5, 0.6) is 5.75 Å². The molecule has 0 radical (unpaired) electrons. The van der Waals surface area contributed by atoms with E-state index in [1.165, 1.54) is 21.9 Å². The summed E-state index contributed by atoms with van der Waals surface area (Å²) in [6.07, 6.45) is -3.49. The monoisotopic (exact) mass is 399 g/mol. The topological polar surface area (TPSA) is 79.0 Å². The average Bonchev–Trinajstić information content (AvgIpc) is 2.64. The molecule has 1 N–H and O–H groups in total. The summed E-state index contributed by atoms with van der Waals surface area (Å²) >= 11 is 0. The predicted molar refractivity (Wildman–Crippen MR) is 91.4 cm³/mol. The van der Waals surface area contributed by atoms with Gasteiger partial charge in [0.05, 0.1) is 6.54 Å². The number of fused-ring (bicyclic) bond motifs is 1. The van der Waals surface area contributed by atoms with Gasteiger partial charge in [-0.2, -0.15) is 0 Å². The molecule has 0 aliphatic carbocycles. The molecule has 1 aromatic carbocycles. The Labute approximate surface area is 159 Å². The van der Waals surface area contributed by atoms with Crippen LogP contribution in [0.15, 0.2) is 24.3 Å². The van der Waals surface area contributed by atoms with Gasteiger partial charge in [-0.3, -0.25) is 14.4 Å². The molecule has 0 spiro atoms. The molecule has 2 aliphatic rings. The summed E-state index contributed by atoms with van der Waals surface area (Å²) < 4.78 is 40.5. The molecule has 2 aliphatic heterocycles. The highest BCUT2D eigenvalue weighted by Gasteiger charge is 2.44. The number of alkyl halides is 3. The van der Waals surface area contributed by atoms with Crippen LogP contribution in [-0.2, 0) is 9.59 Å². The first-order valence-corrected chi connectivity index (χ1v) is 8.95. The van der Waals surface area contributed by atoms with Crippen molar-refractivity contribution in [2.45, 2.75) is 38.2 Å². The Morgan fingerprint density at radius 2 is 1.89 bits per heavy atom. The van der Waals surface area contributed by atoms with E-state index < -0.39 is 30.1 Å². The van der Waals surface area contributed by atoms with Crippen LogP contribution in [0.2, 0.25) is 0 Å². The van der Waals surface area contributed by atoms with Crippen LogP contribution in [0.25, 0.3) is 0 Å². The summed E-state index contributed by atoms with van der Waals surface area (Å²) in [4.78, 5) is 40.5. The number of hydrogen-bond acceptors (Lipinski definition) is 4. The van der Waals surface area contributed by atoms with Gasteiger partial charge in [-0.25, -0.2) is 0 Å². The Kier molecular flexibility index (Phi) is 5.48. The van der Waals surface area contributed by atoms with Crippen molar-refractivity contribution in [1.82, 2.24) is 15.1 Å². The Hall–Kier alpha value is -2.78. The van der Waals surface area contributed by atoms with Crippen molar-refractivity contribution in [3.63, 3.8) is 0 Å². The lowest BCUT2D eigenvalue weighted by atomic mass is 10.0. The van der Waals surface area contributed by atoms with E-state index in [-0.39, 0.29) is 37.0 Å². The molecule has 1 aromatic rings. The van der Waals surface area contributed by atoms with E-state index >= 15 is 0 Å². The number of carbonyl (C=O) groups excluding carboxylic acids is 3. The number of halogens is 3. The third kappa shape index (κ3) is 4.20. The van der Waals surface area contributed by atoms with Gasteiger partial charge in [0.15, 0.2) is 0 Å². The van der Waals surface area contributed by atoms with E-state index in [4.69, 9.17) is 0 Å². The minimum Gasteiger partial charge on any atom is -0.406 e. The molecule has 0 unspecified atom stereocenters. The maximum Gasteiger partial charge on any atom is 0.573 e. The standard InChI is InChI=1S/C18H20F3N3O4/c1-2-3-13-17(27)24-9-8-23(10-14(24)15(25)22-13)16(26)11-4-6-12(7-5-11)28-18(19,20)21/h4-7,13-14H,2-3,8-10H2,1H3,(H,22,25)/t13-,14+/m0/s1. The summed E-state index contributed by atoms with van der Waals surface area (Å²) in [6, 6.07) is 3.30. The predicted octanol–water partition coefficient (Wildman–Crippen LogP) is 1.54. The van der Waals surface area contributed by atoms with Gasteiger partial charge < -0.3 is 19.9 Å². The lowest BCUT2D eigenvalue weighted by molar-refractivity contribution is -0.274. The molecular weight excluding hydrogens is 379 g/mol. The molecular formula is C18H20F3N3O4. The van der Waals surface area contributed by atoms with E-state index in [9.17, 15) is 27.6 Å². The molecule has 0 bridgehead atoms. The highest BCUT2D eigenvalue weighted by Crippen LogP contribution is 2.24. The second kappa shape index (κ2) is 7.69. The van der Waals surface area contributed by atoms with Gasteiger partial charge in [-0.1, -0.05) is 13.3 Å². The largest absolute Gasteiger partial charge is 0.573 e. The van der Waals surface area contributed by atoms with E-state index in [2.05, 4.69) is 10.1 Å². The second-order valence-electron chi connectivity index (χ2n) is 6.72. The molecule has 10 heteroatoms. The first-order valence-electron chi connectivity index (χ1n) is 8.95. The highest BCUT2D eigenvalue weighted by molar-refractivity contribution is 5.99. The quantitative estimate of drug-likeness (QED) is 0.833. The van der Waals surface area contributed by atoms with Crippen molar-refractivity contribution < 1.29 is 32.3 Å². The number of nitrogens with one attached hydrogen (secondary N) is 1. The second-order valence-corrected chi connectivity index (χ2v) is 6.72. The summed E-state index contributed by atoms with van der Waals surface area (Å²) in [6.45, 7) is 2.44. The normalized spacial score (nSPS) is 22.6. The summed E-state index contributed by atoms with van der Waals surface area (Å²) in [5.74, 6) is -1.29. The molecule has 0 saturated carbocycles. The summed E-state index contributed by atoms with van der Waals surface area (Å²) in [7, 11) is 0. The Morgan fingerprint density at radius 1 is 1.21 bits per heavy atom. The molecule has 7 nitrogen and oxygen atoms in total. The zero-order valence-corrected chi connectivity index (χ0v) is 15.2. The number of carbonyl (C=O) groups is 3. The van der Waals surface area contributed by atoms with E-state index in [1.54, 1.807) is 0 Å². The van der Waals surface area contributed by atoms with Gasteiger partial charge in [0.25, 0.3) is 5.91 Å². The van der Waals surface area contributed by atoms with Crippen molar-refractivity contribution in [2.24, 2.45) is 0 Å². The lowest BCUT2D eigenvalue weighted by Gasteiger charge is -2.45. The van der Waals surface area contributed by atoms with Crippen molar-refractivity contribution in [2.75, 3.05) is 19.6 Å². The molecule has 2 saturated heterocycles. The molecule has 28 heavy (non-hydrogen) atoms. The summed E-state index contributed by atoms with van der Waals surface area (Å²) in [5.41, 5.74) is 0.175. The van der Waals surface area contributed by atoms with E-state index in [1.807, 2.05) is 6.92 Å². The molecule has 152 valence electrons. The van der Waals surface area contributed by atoms with Gasteiger partial charge in [0.2, 0.25) is 11.8 Å². The molecule has 3 rings (SSSR count). The number of nitrogens with zero attached hydrogens (tertiary/aromatic N) is 2. The maximum atomic E-state index is 12.7. The van der Waals surface area contributed by atoms with Crippen LogP contribution < -0.4 is 10.1 Å². The Balaban J connectivity index is 1.67. The van der Waals surface area contributed by atoms with Crippen LogP contribution in [0, 0.1) is 0 Å². The Bertz CT molecular complexity index is 766. The fraction of sp³-hybridized carbons (Fsp3) is 0.500. The van der Waals surface area contributed by atoms with Crippen LogP contribution in [0.3, 0.4) is 0 Å². The molecule has 3 amide bonds. The van der Waals surface area contributed by atoms with Crippen molar-refractivity contribution in [3.05, 3.63) is 29.8 Å². The first-order chi connectivity index (χ1) is 13.2. The SMILES string of the molecule is CCC[C@@H]1NC(=O)[C@H]2CN(C(=O)c3ccc(OC(F)(F)F)cc3)CCN2C1=O. The van der Waals surface area contributed by atoms with Crippen LogP contribution in [0.4, 0.5) is 13.2 Å². The van der Waals surface area contributed by atoms with Gasteiger partial charge in [0, 0.05) is 18.7 Å². The van der Waals surface area contributed by atoms with Gasteiger partial charge >= 0.3 is 6.36 Å². The number of rotatable bonds is 4. The molecule has 2 fully saturated rings. The Morgan fingerprint density at radius 3 is 2.50 bits per heavy atom. The first kappa shape index (κ1) is 20.0. The highest BCUT2D eigenvalue weighted by atomic mass is 19.4. The van der Waals surface area contributed by atoms with Crippen LogP contribution >= 0.6 is 0 Å². The van der Waals surface area contributed by atoms with Gasteiger partial charge in [-0.15, -0.1) is 13.2 Å².